The SMILES string of the molecule is FC(F)(F)c1ncns1. The van der Waals surface area contributed by atoms with Crippen molar-refractivity contribution in [2.24, 2.45) is 0 Å². The van der Waals surface area contributed by atoms with Crippen LogP contribution in [0.15, 0.2) is 6.33 Å². The first-order valence-electron chi connectivity index (χ1n) is 1.94. The van der Waals surface area contributed by atoms with Gasteiger partial charge in [0.2, 0.25) is 5.01 Å². The van der Waals surface area contributed by atoms with Gasteiger partial charge in [-0.3, -0.25) is 0 Å². The van der Waals surface area contributed by atoms with E-state index in [1.807, 2.05) is 0 Å². The highest BCUT2D eigenvalue weighted by molar-refractivity contribution is 7.05. The number of nitrogens with zero attached hydrogens (tertiary/aromatic N) is 2. The molecule has 1 aromatic heterocycles. The summed E-state index contributed by atoms with van der Waals surface area (Å²) in [4.78, 5) is 2.97. The van der Waals surface area contributed by atoms with E-state index in [1.54, 1.807) is 0 Å². The van der Waals surface area contributed by atoms with Crippen molar-refractivity contribution in [2.45, 2.75) is 6.18 Å². The molecule has 0 aromatic carbocycles. The standard InChI is InChI=1S/C3HF3N2S/c4-3(5,6)2-7-1-8-9-2/h1H. The van der Waals surface area contributed by atoms with Crippen LogP contribution in [0.4, 0.5) is 13.2 Å². The lowest BCUT2D eigenvalue weighted by Crippen LogP contribution is -2.02. The zero-order valence-electron chi connectivity index (χ0n) is 4.01. The molecule has 0 aliphatic rings. The average molecular weight is 154 g/mol. The first kappa shape index (κ1) is 6.47. The van der Waals surface area contributed by atoms with Crippen molar-refractivity contribution < 1.29 is 13.2 Å². The summed E-state index contributed by atoms with van der Waals surface area (Å²) in [6.45, 7) is 0. The first-order valence-corrected chi connectivity index (χ1v) is 2.72. The third-order valence-electron chi connectivity index (χ3n) is 0.604. The van der Waals surface area contributed by atoms with Crippen LogP contribution in [-0.4, -0.2) is 9.36 Å². The molecule has 6 heteroatoms. The maximum Gasteiger partial charge on any atom is 0.444 e. The molecule has 0 bridgehead atoms. The number of aromatic nitrogens is 2. The van der Waals surface area contributed by atoms with Crippen LogP contribution in [0.25, 0.3) is 0 Å². The lowest BCUT2D eigenvalue weighted by Gasteiger charge is -1.96. The number of hydrogen-bond donors (Lipinski definition) is 0. The third-order valence-corrected chi connectivity index (χ3v) is 1.31. The highest BCUT2D eigenvalue weighted by Crippen LogP contribution is 2.28. The van der Waals surface area contributed by atoms with Gasteiger partial charge < -0.3 is 0 Å². The lowest BCUT2D eigenvalue weighted by molar-refractivity contribution is -0.137. The second-order valence-corrected chi connectivity index (χ2v) is 2.02. The van der Waals surface area contributed by atoms with E-state index in [4.69, 9.17) is 0 Å². The fraction of sp³-hybridized carbons (Fsp3) is 0.333. The molecule has 0 saturated heterocycles. The van der Waals surface area contributed by atoms with Gasteiger partial charge in [-0.1, -0.05) is 0 Å². The second kappa shape index (κ2) is 1.94. The van der Waals surface area contributed by atoms with E-state index in [1.165, 1.54) is 0 Å². The molecule has 0 saturated carbocycles. The minimum atomic E-state index is -4.33. The highest BCUT2D eigenvalue weighted by Gasteiger charge is 2.34. The molecular weight excluding hydrogens is 153 g/mol. The minimum absolute atomic E-state index is 0.344. The van der Waals surface area contributed by atoms with Gasteiger partial charge in [0.05, 0.1) is 0 Å². The maximum absolute atomic E-state index is 11.5. The van der Waals surface area contributed by atoms with Crippen molar-refractivity contribution in [1.29, 1.82) is 0 Å². The Bertz CT molecular complexity index is 179. The van der Waals surface area contributed by atoms with Crippen LogP contribution in [-0.2, 0) is 6.18 Å². The fourth-order valence-electron chi connectivity index (χ4n) is 0.298. The summed E-state index contributed by atoms with van der Waals surface area (Å²) >= 11 is 0.344. The summed E-state index contributed by atoms with van der Waals surface area (Å²) in [6.07, 6.45) is -3.45. The summed E-state index contributed by atoms with van der Waals surface area (Å²) in [5.41, 5.74) is 0. The number of alkyl halides is 3. The highest BCUT2D eigenvalue weighted by atomic mass is 32.1. The monoisotopic (exact) mass is 154 g/mol. The average Bonchev–Trinajstić information content (AvgIpc) is 2.08. The number of hydrogen-bond acceptors (Lipinski definition) is 3. The van der Waals surface area contributed by atoms with Crippen LogP contribution >= 0.6 is 11.5 Å². The van der Waals surface area contributed by atoms with E-state index < -0.39 is 11.2 Å². The molecule has 0 aliphatic carbocycles. The molecular formula is C3HF3N2S. The van der Waals surface area contributed by atoms with E-state index in [0.29, 0.717) is 11.5 Å². The zero-order chi connectivity index (χ0) is 6.91. The fourth-order valence-corrected chi connectivity index (χ4v) is 0.690. The van der Waals surface area contributed by atoms with Gasteiger partial charge in [-0.05, 0) is 11.5 Å². The van der Waals surface area contributed by atoms with E-state index in [9.17, 15) is 13.2 Å². The second-order valence-electron chi connectivity index (χ2n) is 1.24. The lowest BCUT2D eigenvalue weighted by atomic mass is 10.7. The molecule has 0 aliphatic heterocycles. The molecule has 0 spiro atoms. The summed E-state index contributed by atoms with van der Waals surface area (Å²) in [5.74, 6) is 0. The number of rotatable bonds is 0. The van der Waals surface area contributed by atoms with Crippen molar-refractivity contribution in [2.75, 3.05) is 0 Å². The van der Waals surface area contributed by atoms with E-state index >= 15 is 0 Å². The van der Waals surface area contributed by atoms with E-state index in [-0.39, 0.29) is 0 Å². The zero-order valence-corrected chi connectivity index (χ0v) is 4.83. The molecule has 1 heterocycles. The molecule has 0 fully saturated rings. The van der Waals surface area contributed by atoms with E-state index in [2.05, 4.69) is 9.36 Å². The molecule has 0 amide bonds. The summed E-state index contributed by atoms with van der Waals surface area (Å²) in [6, 6.07) is 0. The molecule has 0 N–H and O–H groups in total. The largest absolute Gasteiger partial charge is 0.444 e. The Hall–Kier alpha value is -0.650. The van der Waals surface area contributed by atoms with Crippen molar-refractivity contribution in [1.82, 2.24) is 9.36 Å². The van der Waals surface area contributed by atoms with Gasteiger partial charge in [0.25, 0.3) is 0 Å². The Morgan fingerprint density at radius 1 is 1.44 bits per heavy atom. The smallest absolute Gasteiger partial charge is 0.219 e. The van der Waals surface area contributed by atoms with Crippen LogP contribution in [0, 0.1) is 0 Å². The Morgan fingerprint density at radius 3 is 2.33 bits per heavy atom. The Morgan fingerprint density at radius 2 is 2.11 bits per heavy atom. The molecule has 1 rings (SSSR count). The predicted octanol–water partition coefficient (Wildman–Crippen LogP) is 1.56. The van der Waals surface area contributed by atoms with Gasteiger partial charge in [-0.15, -0.1) is 0 Å². The molecule has 0 atom stereocenters. The van der Waals surface area contributed by atoms with Crippen LogP contribution in [0.5, 0.6) is 0 Å². The normalized spacial score (nSPS) is 11.9. The topological polar surface area (TPSA) is 25.8 Å². The maximum atomic E-state index is 11.5. The van der Waals surface area contributed by atoms with Gasteiger partial charge in [0.1, 0.15) is 6.33 Å². The third kappa shape index (κ3) is 1.38. The summed E-state index contributed by atoms with van der Waals surface area (Å²) in [7, 11) is 0. The van der Waals surface area contributed by atoms with Gasteiger partial charge in [-0.25, -0.2) is 4.98 Å². The van der Waals surface area contributed by atoms with Crippen molar-refractivity contribution >= 4 is 11.5 Å². The van der Waals surface area contributed by atoms with E-state index in [0.717, 1.165) is 6.33 Å². The van der Waals surface area contributed by atoms with Crippen molar-refractivity contribution in [3.05, 3.63) is 11.3 Å². The molecule has 0 radical (unpaired) electrons. The van der Waals surface area contributed by atoms with Gasteiger partial charge in [0.15, 0.2) is 0 Å². The van der Waals surface area contributed by atoms with Crippen LogP contribution in [0.3, 0.4) is 0 Å². The predicted molar refractivity (Wildman–Crippen MR) is 24.9 cm³/mol. The summed E-state index contributed by atoms with van der Waals surface area (Å²) < 4.78 is 37.8. The van der Waals surface area contributed by atoms with Gasteiger partial charge >= 0.3 is 6.18 Å². The molecule has 1 aromatic rings. The Labute approximate surface area is 52.5 Å². The molecule has 0 unspecified atom stereocenters. The van der Waals surface area contributed by atoms with Crippen LogP contribution < -0.4 is 0 Å². The Balaban J connectivity index is 2.90. The van der Waals surface area contributed by atoms with Gasteiger partial charge in [-0.2, -0.15) is 17.5 Å². The number of halogens is 3. The molecule has 9 heavy (non-hydrogen) atoms. The molecule has 2 nitrogen and oxygen atoms in total. The van der Waals surface area contributed by atoms with Crippen LogP contribution in [0.1, 0.15) is 5.01 Å². The quantitative estimate of drug-likeness (QED) is 0.566. The first-order chi connectivity index (χ1) is 4.11. The minimum Gasteiger partial charge on any atom is -0.219 e. The molecule has 50 valence electrons. The van der Waals surface area contributed by atoms with Crippen molar-refractivity contribution in [3.63, 3.8) is 0 Å². The van der Waals surface area contributed by atoms with Gasteiger partial charge in [0, 0.05) is 0 Å². The summed E-state index contributed by atoms with van der Waals surface area (Å²) in [5, 5.41) is -0.900. The Kier molecular flexibility index (Phi) is 1.40. The van der Waals surface area contributed by atoms with Crippen LogP contribution in [0.2, 0.25) is 0 Å². The van der Waals surface area contributed by atoms with Crippen molar-refractivity contribution in [3.8, 4) is 0 Å².